The van der Waals surface area contributed by atoms with Crippen molar-refractivity contribution >= 4 is 47.2 Å². The second kappa shape index (κ2) is 10.9. The summed E-state index contributed by atoms with van der Waals surface area (Å²) in [7, 11) is 0. The largest absolute Gasteiger partial charge is 0.370 e. The van der Waals surface area contributed by atoms with Crippen LogP contribution in [0.25, 0.3) is 0 Å². The van der Waals surface area contributed by atoms with Crippen molar-refractivity contribution in [1.82, 2.24) is 10.2 Å². The van der Waals surface area contributed by atoms with E-state index < -0.39 is 0 Å². The SMILES string of the molecule is CCCN=C(N)NCCN1CCN(c2cccc(Cl)c2)CC1.I. The van der Waals surface area contributed by atoms with Gasteiger partial charge in [0, 0.05) is 56.5 Å². The zero-order valence-electron chi connectivity index (χ0n) is 13.7. The predicted octanol–water partition coefficient (Wildman–Crippen LogP) is 2.39. The van der Waals surface area contributed by atoms with Crippen molar-refractivity contribution in [2.75, 3.05) is 50.7 Å². The zero-order chi connectivity index (χ0) is 15.8. The van der Waals surface area contributed by atoms with Gasteiger partial charge >= 0.3 is 0 Å². The molecule has 5 nitrogen and oxygen atoms in total. The van der Waals surface area contributed by atoms with Crippen LogP contribution in [-0.4, -0.2) is 56.7 Å². The van der Waals surface area contributed by atoms with Crippen molar-refractivity contribution in [2.45, 2.75) is 13.3 Å². The first-order chi connectivity index (χ1) is 10.7. The third kappa shape index (κ3) is 7.14. The predicted molar refractivity (Wildman–Crippen MR) is 110 cm³/mol. The number of rotatable bonds is 6. The zero-order valence-corrected chi connectivity index (χ0v) is 16.8. The Labute approximate surface area is 161 Å². The first-order valence-electron chi connectivity index (χ1n) is 7.95. The number of anilines is 1. The van der Waals surface area contributed by atoms with E-state index in [0.717, 1.165) is 57.3 Å². The number of nitrogens with two attached hydrogens (primary N) is 1. The van der Waals surface area contributed by atoms with Crippen LogP contribution < -0.4 is 16.0 Å². The average molecular weight is 452 g/mol. The molecule has 1 aromatic carbocycles. The molecule has 0 unspecified atom stereocenters. The molecule has 130 valence electrons. The second-order valence-corrected chi connectivity index (χ2v) is 5.94. The lowest BCUT2D eigenvalue weighted by Crippen LogP contribution is -2.49. The van der Waals surface area contributed by atoms with Crippen LogP contribution in [0.5, 0.6) is 0 Å². The smallest absolute Gasteiger partial charge is 0.188 e. The summed E-state index contributed by atoms with van der Waals surface area (Å²) in [5.41, 5.74) is 7.00. The monoisotopic (exact) mass is 451 g/mol. The maximum absolute atomic E-state index is 6.06. The summed E-state index contributed by atoms with van der Waals surface area (Å²) in [6, 6.07) is 8.07. The van der Waals surface area contributed by atoms with Crippen LogP contribution in [0.1, 0.15) is 13.3 Å². The number of piperazine rings is 1. The van der Waals surface area contributed by atoms with Crippen LogP contribution in [0.4, 0.5) is 5.69 Å². The van der Waals surface area contributed by atoms with Gasteiger partial charge in [-0.05, 0) is 24.6 Å². The Balaban J connectivity index is 0.00000264. The van der Waals surface area contributed by atoms with E-state index in [1.165, 1.54) is 5.69 Å². The molecule has 3 N–H and O–H groups in total. The summed E-state index contributed by atoms with van der Waals surface area (Å²) in [5.74, 6) is 0.555. The molecule has 1 heterocycles. The van der Waals surface area contributed by atoms with Crippen LogP contribution in [-0.2, 0) is 0 Å². The molecule has 0 atom stereocenters. The molecule has 2 rings (SSSR count). The van der Waals surface area contributed by atoms with E-state index in [2.05, 4.69) is 33.1 Å². The highest BCUT2D eigenvalue weighted by Crippen LogP contribution is 2.20. The highest BCUT2D eigenvalue weighted by Gasteiger charge is 2.16. The molecule has 0 bridgehead atoms. The van der Waals surface area contributed by atoms with Crippen molar-refractivity contribution in [3.63, 3.8) is 0 Å². The Hall–Kier alpha value is -0.730. The fraction of sp³-hybridized carbons (Fsp3) is 0.562. The standard InChI is InChI=1S/C16H26ClN5.HI/c1-2-6-19-16(18)20-7-8-21-9-11-22(12-10-21)15-5-3-4-14(17)13-15;/h3-5,13H,2,6-12H2,1H3,(H3,18,19,20);1H. The Morgan fingerprint density at radius 2 is 2.04 bits per heavy atom. The highest BCUT2D eigenvalue weighted by atomic mass is 127. The summed E-state index contributed by atoms with van der Waals surface area (Å²) < 4.78 is 0. The molecular formula is C16H27ClIN5. The summed E-state index contributed by atoms with van der Waals surface area (Å²) in [4.78, 5) is 9.06. The van der Waals surface area contributed by atoms with Gasteiger partial charge in [-0.25, -0.2) is 0 Å². The number of hydrogen-bond donors (Lipinski definition) is 2. The number of nitrogens with zero attached hydrogens (tertiary/aromatic N) is 3. The Morgan fingerprint density at radius 1 is 1.30 bits per heavy atom. The molecule has 7 heteroatoms. The summed E-state index contributed by atoms with van der Waals surface area (Å²) in [6.45, 7) is 8.88. The highest BCUT2D eigenvalue weighted by molar-refractivity contribution is 14.0. The first kappa shape index (κ1) is 20.3. The number of guanidine groups is 1. The van der Waals surface area contributed by atoms with Crippen LogP contribution in [0.2, 0.25) is 5.02 Å². The van der Waals surface area contributed by atoms with Crippen LogP contribution in [0, 0.1) is 0 Å². The van der Waals surface area contributed by atoms with Gasteiger partial charge in [-0.15, -0.1) is 24.0 Å². The minimum atomic E-state index is 0. The van der Waals surface area contributed by atoms with E-state index in [1.54, 1.807) is 0 Å². The lowest BCUT2D eigenvalue weighted by molar-refractivity contribution is 0.261. The lowest BCUT2D eigenvalue weighted by atomic mass is 10.2. The van der Waals surface area contributed by atoms with Crippen molar-refractivity contribution in [3.8, 4) is 0 Å². The van der Waals surface area contributed by atoms with E-state index >= 15 is 0 Å². The van der Waals surface area contributed by atoms with E-state index in [4.69, 9.17) is 17.3 Å². The average Bonchev–Trinajstić information content (AvgIpc) is 2.53. The number of benzene rings is 1. The molecule has 1 aliphatic rings. The molecular weight excluding hydrogens is 425 g/mol. The van der Waals surface area contributed by atoms with Crippen molar-refractivity contribution < 1.29 is 0 Å². The fourth-order valence-corrected chi connectivity index (χ4v) is 2.72. The van der Waals surface area contributed by atoms with Gasteiger partial charge in [-0.3, -0.25) is 9.89 Å². The normalized spacial score (nSPS) is 16.1. The Bertz CT molecular complexity index is 489. The van der Waals surface area contributed by atoms with E-state index in [0.29, 0.717) is 5.96 Å². The van der Waals surface area contributed by atoms with Gasteiger partial charge in [0.2, 0.25) is 0 Å². The van der Waals surface area contributed by atoms with Gasteiger partial charge in [0.05, 0.1) is 0 Å². The summed E-state index contributed by atoms with van der Waals surface area (Å²) in [6.07, 6.45) is 1.02. The molecule has 23 heavy (non-hydrogen) atoms. The van der Waals surface area contributed by atoms with Crippen molar-refractivity contribution in [1.29, 1.82) is 0 Å². The maximum Gasteiger partial charge on any atom is 0.188 e. The third-order valence-electron chi connectivity index (χ3n) is 3.79. The van der Waals surface area contributed by atoms with Crippen LogP contribution in [0.3, 0.4) is 0 Å². The van der Waals surface area contributed by atoms with Crippen LogP contribution in [0.15, 0.2) is 29.3 Å². The Morgan fingerprint density at radius 3 is 2.70 bits per heavy atom. The topological polar surface area (TPSA) is 56.9 Å². The quantitative estimate of drug-likeness (QED) is 0.396. The number of halogens is 2. The van der Waals surface area contributed by atoms with Crippen molar-refractivity contribution in [2.24, 2.45) is 10.7 Å². The third-order valence-corrected chi connectivity index (χ3v) is 4.02. The second-order valence-electron chi connectivity index (χ2n) is 5.50. The van der Waals surface area contributed by atoms with E-state index in [9.17, 15) is 0 Å². The molecule has 0 saturated carbocycles. The molecule has 1 aromatic rings. The van der Waals surface area contributed by atoms with Gasteiger partial charge in [-0.1, -0.05) is 24.6 Å². The molecule has 1 fully saturated rings. The van der Waals surface area contributed by atoms with E-state index in [1.807, 2.05) is 18.2 Å². The van der Waals surface area contributed by atoms with Crippen molar-refractivity contribution in [3.05, 3.63) is 29.3 Å². The fourth-order valence-electron chi connectivity index (χ4n) is 2.53. The van der Waals surface area contributed by atoms with Gasteiger partial charge in [0.25, 0.3) is 0 Å². The summed E-state index contributed by atoms with van der Waals surface area (Å²) >= 11 is 6.06. The van der Waals surface area contributed by atoms with Crippen LogP contribution >= 0.6 is 35.6 Å². The van der Waals surface area contributed by atoms with Gasteiger partial charge < -0.3 is 16.0 Å². The summed E-state index contributed by atoms with van der Waals surface area (Å²) in [5, 5.41) is 3.97. The van der Waals surface area contributed by atoms with Gasteiger partial charge in [0.1, 0.15) is 0 Å². The maximum atomic E-state index is 6.06. The molecule has 1 saturated heterocycles. The lowest BCUT2D eigenvalue weighted by Gasteiger charge is -2.36. The molecule has 0 spiro atoms. The molecule has 1 aliphatic heterocycles. The van der Waals surface area contributed by atoms with E-state index in [-0.39, 0.29) is 24.0 Å². The first-order valence-corrected chi connectivity index (χ1v) is 8.33. The Kier molecular flexibility index (Phi) is 9.66. The molecule has 0 aliphatic carbocycles. The van der Waals surface area contributed by atoms with Gasteiger partial charge in [-0.2, -0.15) is 0 Å². The number of nitrogens with one attached hydrogen (secondary N) is 1. The molecule has 0 radical (unpaired) electrons. The minimum absolute atomic E-state index is 0. The minimum Gasteiger partial charge on any atom is -0.370 e. The number of aliphatic imine (C=N–C) groups is 1. The number of hydrogen-bond acceptors (Lipinski definition) is 3. The molecule has 0 amide bonds. The van der Waals surface area contributed by atoms with Gasteiger partial charge in [0.15, 0.2) is 5.96 Å². The molecule has 0 aromatic heterocycles.